The summed E-state index contributed by atoms with van der Waals surface area (Å²) in [4.78, 5) is 22.7. The number of hydrogen-bond acceptors (Lipinski definition) is 9. The summed E-state index contributed by atoms with van der Waals surface area (Å²) in [5.41, 5.74) is 3.14. The molecule has 1 N–H and O–H groups in total. The number of aromatic nitrogens is 2. The zero-order chi connectivity index (χ0) is 27.5. The maximum Gasteiger partial charge on any atom is 0.229 e. The lowest BCUT2D eigenvalue weighted by atomic mass is 10.0. The van der Waals surface area contributed by atoms with Gasteiger partial charge >= 0.3 is 0 Å². The first-order chi connectivity index (χ1) is 19.6. The molecule has 0 aliphatic carbocycles. The van der Waals surface area contributed by atoms with Crippen LogP contribution >= 0.6 is 11.6 Å². The first kappa shape index (κ1) is 27.1. The van der Waals surface area contributed by atoms with Crippen LogP contribution in [0.1, 0.15) is 30.9 Å². The molecule has 1 aromatic heterocycles. The second-order valence-corrected chi connectivity index (χ2v) is 11.2. The van der Waals surface area contributed by atoms with Crippen molar-refractivity contribution in [3.63, 3.8) is 0 Å². The van der Waals surface area contributed by atoms with E-state index < -0.39 is 0 Å². The molecule has 0 bridgehead atoms. The highest BCUT2D eigenvalue weighted by atomic mass is 35.5. The van der Waals surface area contributed by atoms with Crippen LogP contribution in [0.15, 0.2) is 54.7 Å². The van der Waals surface area contributed by atoms with E-state index in [1.54, 1.807) is 18.4 Å². The summed E-state index contributed by atoms with van der Waals surface area (Å²) in [5, 5.41) is 5.59. The fourth-order valence-electron chi connectivity index (χ4n) is 6.03. The van der Waals surface area contributed by atoms with Gasteiger partial charge in [-0.3, -0.25) is 9.74 Å². The van der Waals surface area contributed by atoms with Crippen molar-refractivity contribution in [2.24, 2.45) is 0 Å². The van der Waals surface area contributed by atoms with Crippen molar-refractivity contribution < 1.29 is 9.57 Å². The standard InChI is InChI=1S/C30H38ClN7O2/c1-35-15-17-36(18-16-35)24-10-13-37(14-11-24)27-9-8-23(20-28(27)39-2)33-30-32-21-25(31)29(34-30)38-26(12-19-40-38)22-6-4-3-5-7-22/h3-9,20-21,24,26H,10-19H2,1-2H3,(H,32,33,34). The second kappa shape index (κ2) is 12.2. The monoisotopic (exact) mass is 563 g/mol. The number of nitrogens with zero attached hydrogens (tertiary/aromatic N) is 6. The fourth-order valence-corrected chi connectivity index (χ4v) is 6.21. The predicted octanol–water partition coefficient (Wildman–Crippen LogP) is 4.98. The van der Waals surface area contributed by atoms with Gasteiger partial charge in [0.25, 0.3) is 0 Å². The molecule has 3 fully saturated rings. The minimum absolute atomic E-state index is 0.0428. The number of methoxy groups -OCH3 is 1. The minimum atomic E-state index is 0.0428. The Morgan fingerprint density at radius 3 is 2.50 bits per heavy atom. The van der Waals surface area contributed by atoms with E-state index in [1.165, 1.54) is 39.0 Å². The van der Waals surface area contributed by atoms with Crippen LogP contribution in [0.3, 0.4) is 0 Å². The molecule has 40 heavy (non-hydrogen) atoms. The van der Waals surface area contributed by atoms with Crippen molar-refractivity contribution in [2.75, 3.05) is 75.3 Å². The average Bonchev–Trinajstić information content (AvgIpc) is 3.49. The topological polar surface area (TPSA) is 69.2 Å². The molecular weight excluding hydrogens is 526 g/mol. The quantitative estimate of drug-likeness (QED) is 0.428. The molecule has 0 saturated carbocycles. The molecule has 9 nitrogen and oxygen atoms in total. The Morgan fingerprint density at radius 1 is 0.975 bits per heavy atom. The first-order valence-corrected chi connectivity index (χ1v) is 14.6. The molecule has 0 amide bonds. The average molecular weight is 564 g/mol. The first-order valence-electron chi connectivity index (χ1n) is 14.2. The van der Waals surface area contributed by atoms with Gasteiger partial charge in [-0.15, -0.1) is 0 Å². The molecular formula is C30H38ClN7O2. The Hall–Kier alpha value is -3.11. The summed E-state index contributed by atoms with van der Waals surface area (Å²) in [6, 6.07) is 17.2. The smallest absolute Gasteiger partial charge is 0.229 e. The molecule has 6 rings (SSSR count). The lowest BCUT2D eigenvalue weighted by Gasteiger charge is -2.42. The summed E-state index contributed by atoms with van der Waals surface area (Å²) < 4.78 is 5.83. The molecule has 2 aromatic carbocycles. The molecule has 0 radical (unpaired) electrons. The third-order valence-electron chi connectivity index (χ3n) is 8.32. The fraction of sp³-hybridized carbons (Fsp3) is 0.467. The summed E-state index contributed by atoms with van der Waals surface area (Å²) >= 11 is 6.55. The van der Waals surface area contributed by atoms with E-state index in [0.29, 0.717) is 29.4 Å². The van der Waals surface area contributed by atoms with Crippen molar-refractivity contribution in [1.29, 1.82) is 0 Å². The molecule has 212 valence electrons. The van der Waals surface area contributed by atoms with Crippen molar-refractivity contribution in [2.45, 2.75) is 31.3 Å². The number of benzene rings is 2. The van der Waals surface area contributed by atoms with E-state index in [0.717, 1.165) is 42.2 Å². The molecule has 3 aliphatic rings. The van der Waals surface area contributed by atoms with E-state index in [-0.39, 0.29) is 6.04 Å². The van der Waals surface area contributed by atoms with E-state index in [2.05, 4.69) is 56.3 Å². The molecule has 4 heterocycles. The molecule has 3 aliphatic heterocycles. The minimum Gasteiger partial charge on any atom is -0.495 e. The number of piperidine rings is 1. The number of hydrogen-bond donors (Lipinski definition) is 1. The van der Waals surface area contributed by atoms with Gasteiger partial charge in [0.1, 0.15) is 10.8 Å². The Kier molecular flexibility index (Phi) is 8.25. The van der Waals surface area contributed by atoms with Crippen LogP contribution in [0.25, 0.3) is 0 Å². The van der Waals surface area contributed by atoms with Crippen molar-refractivity contribution in [3.05, 3.63) is 65.3 Å². The van der Waals surface area contributed by atoms with Gasteiger partial charge in [0.05, 0.1) is 31.6 Å². The highest BCUT2D eigenvalue weighted by Gasteiger charge is 2.31. The number of nitrogens with one attached hydrogen (secondary N) is 1. The number of rotatable bonds is 7. The summed E-state index contributed by atoms with van der Waals surface area (Å²) in [5.74, 6) is 1.84. The SMILES string of the molecule is COc1cc(Nc2ncc(Cl)c(N3OCCC3c3ccccc3)n2)ccc1N1CCC(N2CCN(C)CC2)CC1. The number of halogens is 1. The molecule has 3 saturated heterocycles. The summed E-state index contributed by atoms with van der Waals surface area (Å²) in [6.45, 7) is 7.35. The number of hydroxylamine groups is 1. The van der Waals surface area contributed by atoms with Crippen LogP contribution in [0.2, 0.25) is 5.02 Å². The highest BCUT2D eigenvalue weighted by molar-refractivity contribution is 6.32. The normalized spacial score (nSPS) is 21.1. The zero-order valence-corrected chi connectivity index (χ0v) is 24.1. The molecule has 1 atom stereocenters. The lowest BCUT2D eigenvalue weighted by Crippen LogP contribution is -2.52. The lowest BCUT2D eigenvalue weighted by molar-refractivity contribution is 0.0981. The van der Waals surface area contributed by atoms with Gasteiger partial charge in [-0.25, -0.2) is 10.0 Å². The van der Waals surface area contributed by atoms with Gasteiger partial charge in [0.15, 0.2) is 5.82 Å². The zero-order valence-electron chi connectivity index (χ0n) is 23.3. The van der Waals surface area contributed by atoms with Crippen molar-refractivity contribution >= 4 is 34.7 Å². The van der Waals surface area contributed by atoms with Crippen molar-refractivity contribution in [1.82, 2.24) is 19.8 Å². The van der Waals surface area contributed by atoms with E-state index in [9.17, 15) is 0 Å². The van der Waals surface area contributed by atoms with Crippen LogP contribution in [-0.4, -0.2) is 85.8 Å². The van der Waals surface area contributed by atoms with E-state index in [1.807, 2.05) is 24.3 Å². The molecule has 10 heteroatoms. The Morgan fingerprint density at radius 2 is 1.75 bits per heavy atom. The maximum absolute atomic E-state index is 6.55. The highest BCUT2D eigenvalue weighted by Crippen LogP contribution is 2.38. The van der Waals surface area contributed by atoms with Gasteiger partial charge in [-0.05, 0) is 37.6 Å². The Balaban J connectivity index is 1.14. The number of piperazine rings is 1. The predicted molar refractivity (Wildman–Crippen MR) is 160 cm³/mol. The van der Waals surface area contributed by atoms with E-state index in [4.69, 9.17) is 26.2 Å². The molecule has 0 spiro atoms. The Labute approximate surface area is 241 Å². The number of anilines is 4. The van der Waals surface area contributed by atoms with Crippen LogP contribution < -0.4 is 20.0 Å². The largest absolute Gasteiger partial charge is 0.495 e. The van der Waals surface area contributed by atoms with Crippen LogP contribution in [-0.2, 0) is 4.84 Å². The van der Waals surface area contributed by atoms with Gasteiger partial charge in [-0.1, -0.05) is 41.9 Å². The van der Waals surface area contributed by atoms with Gasteiger partial charge in [0.2, 0.25) is 5.95 Å². The molecule has 3 aromatic rings. The van der Waals surface area contributed by atoms with Gasteiger partial charge < -0.3 is 19.9 Å². The van der Waals surface area contributed by atoms with Crippen LogP contribution in [0.4, 0.5) is 23.1 Å². The van der Waals surface area contributed by atoms with Crippen LogP contribution in [0.5, 0.6) is 5.75 Å². The second-order valence-electron chi connectivity index (χ2n) is 10.8. The Bertz CT molecular complexity index is 1280. The maximum atomic E-state index is 6.55. The third-order valence-corrected chi connectivity index (χ3v) is 8.59. The third kappa shape index (κ3) is 5.83. The van der Waals surface area contributed by atoms with Crippen molar-refractivity contribution in [3.8, 4) is 5.75 Å². The van der Waals surface area contributed by atoms with E-state index >= 15 is 0 Å². The number of ether oxygens (including phenoxy) is 1. The molecule has 1 unspecified atom stereocenters. The van der Waals surface area contributed by atoms with Gasteiger partial charge in [-0.2, -0.15) is 4.98 Å². The van der Waals surface area contributed by atoms with Gasteiger partial charge in [0, 0.05) is 63.5 Å². The summed E-state index contributed by atoms with van der Waals surface area (Å²) in [6.07, 6.45) is 4.83. The number of likely N-dealkylation sites (N-methyl/N-ethyl adjacent to an activating group) is 1. The summed E-state index contributed by atoms with van der Waals surface area (Å²) in [7, 11) is 3.94. The van der Waals surface area contributed by atoms with Crippen LogP contribution in [0, 0.1) is 0 Å².